The number of likely N-dealkylation sites (tertiary alicyclic amines) is 1. The number of amides is 1. The standard InChI is InChI=1S/C27H33N7O2/c1-5-25(35)31-27(8-9-27)17-32-10-6-22(7-11-32)34-19(4)23(15-30-34)20-12-24(36-18(2)3)26-21(13-28)14-29-33(26)16-20/h5,12,14-16,18,22H,1,6-11,17H2,2-4H3,(H,31,35). The number of carbonyl (C=O) groups excluding carboxylic acids is 1. The van der Waals surface area contributed by atoms with Gasteiger partial charge in [0.05, 0.1) is 30.1 Å². The van der Waals surface area contributed by atoms with Crippen LogP contribution in [0.25, 0.3) is 16.6 Å². The molecule has 3 aromatic heterocycles. The van der Waals surface area contributed by atoms with Crippen molar-refractivity contribution in [2.45, 2.75) is 64.1 Å². The van der Waals surface area contributed by atoms with Crippen molar-refractivity contribution < 1.29 is 9.53 Å². The molecule has 1 amide bonds. The highest BCUT2D eigenvalue weighted by atomic mass is 16.5. The molecule has 1 saturated carbocycles. The molecule has 9 heteroatoms. The van der Waals surface area contributed by atoms with Gasteiger partial charge < -0.3 is 15.0 Å². The Hall–Kier alpha value is -3.64. The summed E-state index contributed by atoms with van der Waals surface area (Å²) in [4.78, 5) is 14.2. The molecular formula is C27H33N7O2. The van der Waals surface area contributed by atoms with Crippen LogP contribution in [0.5, 0.6) is 5.75 Å². The highest BCUT2D eigenvalue weighted by Gasteiger charge is 2.45. The molecule has 1 N–H and O–H groups in total. The van der Waals surface area contributed by atoms with E-state index >= 15 is 0 Å². The normalized spacial score (nSPS) is 17.8. The lowest BCUT2D eigenvalue weighted by atomic mass is 10.0. The first-order valence-electron chi connectivity index (χ1n) is 12.6. The molecule has 9 nitrogen and oxygen atoms in total. The van der Waals surface area contributed by atoms with Crippen molar-refractivity contribution in [3.05, 3.63) is 48.6 Å². The van der Waals surface area contributed by atoms with Gasteiger partial charge in [-0.15, -0.1) is 0 Å². The van der Waals surface area contributed by atoms with Gasteiger partial charge in [-0.3, -0.25) is 9.48 Å². The second kappa shape index (κ2) is 9.43. The summed E-state index contributed by atoms with van der Waals surface area (Å²) in [5.74, 6) is 0.565. The molecule has 5 rings (SSSR count). The summed E-state index contributed by atoms with van der Waals surface area (Å²) in [7, 11) is 0. The molecule has 2 aliphatic rings. The summed E-state index contributed by atoms with van der Waals surface area (Å²) in [6.45, 7) is 12.5. The average Bonchev–Trinajstić information content (AvgIpc) is 3.29. The molecule has 0 atom stereocenters. The molecule has 1 aliphatic heterocycles. The number of nitrogens with zero attached hydrogens (tertiary/aromatic N) is 6. The van der Waals surface area contributed by atoms with Crippen molar-refractivity contribution >= 4 is 11.4 Å². The first kappa shape index (κ1) is 24.1. The minimum atomic E-state index is -0.0822. The van der Waals surface area contributed by atoms with Gasteiger partial charge in [0.2, 0.25) is 5.91 Å². The zero-order valence-electron chi connectivity index (χ0n) is 21.2. The Bertz CT molecular complexity index is 1330. The fourth-order valence-electron chi connectivity index (χ4n) is 5.27. The molecule has 4 heterocycles. The molecule has 2 fully saturated rings. The van der Waals surface area contributed by atoms with E-state index in [1.807, 2.05) is 32.3 Å². The summed E-state index contributed by atoms with van der Waals surface area (Å²) in [6.07, 6.45) is 10.9. The summed E-state index contributed by atoms with van der Waals surface area (Å²) < 4.78 is 9.94. The highest BCUT2D eigenvalue weighted by molar-refractivity contribution is 5.87. The van der Waals surface area contributed by atoms with Gasteiger partial charge in [-0.05, 0) is 58.6 Å². The number of nitrogens with one attached hydrogen (secondary N) is 1. The van der Waals surface area contributed by atoms with Crippen molar-refractivity contribution in [2.75, 3.05) is 19.6 Å². The Labute approximate surface area is 211 Å². The lowest BCUT2D eigenvalue weighted by Crippen LogP contribution is -2.47. The fourth-order valence-corrected chi connectivity index (χ4v) is 5.27. The van der Waals surface area contributed by atoms with E-state index in [1.54, 1.807) is 10.7 Å². The molecule has 0 bridgehead atoms. The smallest absolute Gasteiger partial charge is 0.243 e. The number of piperidine rings is 1. The Morgan fingerprint density at radius 3 is 2.72 bits per heavy atom. The van der Waals surface area contributed by atoms with Gasteiger partial charge in [-0.1, -0.05) is 6.58 Å². The van der Waals surface area contributed by atoms with E-state index in [0.717, 1.165) is 62.1 Å². The molecule has 0 spiro atoms. The van der Waals surface area contributed by atoms with Crippen LogP contribution in [-0.4, -0.2) is 61.5 Å². The summed E-state index contributed by atoms with van der Waals surface area (Å²) >= 11 is 0. The number of hydrogen-bond acceptors (Lipinski definition) is 6. The lowest BCUT2D eigenvalue weighted by molar-refractivity contribution is -0.117. The predicted molar refractivity (Wildman–Crippen MR) is 137 cm³/mol. The monoisotopic (exact) mass is 487 g/mol. The predicted octanol–water partition coefficient (Wildman–Crippen LogP) is 3.64. The molecule has 0 radical (unpaired) electrons. The Kier molecular flexibility index (Phi) is 6.31. The number of hydrogen-bond donors (Lipinski definition) is 1. The van der Waals surface area contributed by atoms with Crippen LogP contribution in [0.3, 0.4) is 0 Å². The van der Waals surface area contributed by atoms with Crippen molar-refractivity contribution in [2.24, 2.45) is 0 Å². The van der Waals surface area contributed by atoms with Gasteiger partial charge in [-0.25, -0.2) is 4.52 Å². The highest BCUT2D eigenvalue weighted by Crippen LogP contribution is 2.38. The quantitative estimate of drug-likeness (QED) is 0.487. The molecule has 0 unspecified atom stereocenters. The van der Waals surface area contributed by atoms with Gasteiger partial charge in [0.1, 0.15) is 22.9 Å². The molecule has 1 aliphatic carbocycles. The first-order chi connectivity index (χ1) is 17.3. The van der Waals surface area contributed by atoms with Crippen molar-refractivity contribution in [1.29, 1.82) is 5.26 Å². The molecular weight excluding hydrogens is 454 g/mol. The molecule has 1 saturated heterocycles. The van der Waals surface area contributed by atoms with E-state index in [9.17, 15) is 10.1 Å². The lowest BCUT2D eigenvalue weighted by Gasteiger charge is -2.35. The van der Waals surface area contributed by atoms with Crippen LogP contribution < -0.4 is 10.1 Å². The largest absolute Gasteiger partial charge is 0.489 e. The summed E-state index contributed by atoms with van der Waals surface area (Å²) in [5, 5.41) is 21.8. The maximum Gasteiger partial charge on any atom is 0.243 e. The number of fused-ring (bicyclic) bond motifs is 1. The van der Waals surface area contributed by atoms with Crippen molar-refractivity contribution in [3.63, 3.8) is 0 Å². The maximum absolute atomic E-state index is 11.8. The molecule has 188 valence electrons. The minimum absolute atomic E-state index is 0.0284. The van der Waals surface area contributed by atoms with Crippen LogP contribution >= 0.6 is 0 Å². The van der Waals surface area contributed by atoms with E-state index in [4.69, 9.17) is 9.84 Å². The Balaban J connectivity index is 1.32. The zero-order valence-corrected chi connectivity index (χ0v) is 21.2. The average molecular weight is 488 g/mol. The molecule has 0 aromatic carbocycles. The fraction of sp³-hybridized carbons (Fsp3) is 0.481. The Morgan fingerprint density at radius 1 is 1.33 bits per heavy atom. The topological polar surface area (TPSA) is 100 Å². The van der Waals surface area contributed by atoms with E-state index in [0.29, 0.717) is 22.9 Å². The van der Waals surface area contributed by atoms with Crippen LogP contribution in [0.4, 0.5) is 0 Å². The van der Waals surface area contributed by atoms with Gasteiger partial charge in [0.25, 0.3) is 0 Å². The van der Waals surface area contributed by atoms with E-state index in [-0.39, 0.29) is 17.6 Å². The minimum Gasteiger partial charge on any atom is -0.489 e. The first-order valence-corrected chi connectivity index (χ1v) is 12.6. The number of rotatable bonds is 8. The molecule has 3 aromatic rings. The van der Waals surface area contributed by atoms with Crippen molar-refractivity contribution in [3.8, 4) is 22.9 Å². The summed E-state index contributed by atoms with van der Waals surface area (Å²) in [5.41, 5.74) is 4.21. The van der Waals surface area contributed by atoms with Gasteiger partial charge in [0, 0.05) is 42.7 Å². The van der Waals surface area contributed by atoms with Crippen LogP contribution in [0.15, 0.2) is 37.3 Å². The maximum atomic E-state index is 11.8. The zero-order chi connectivity index (χ0) is 25.4. The van der Waals surface area contributed by atoms with Crippen LogP contribution in [0, 0.1) is 18.3 Å². The van der Waals surface area contributed by atoms with E-state index in [2.05, 4.69) is 39.6 Å². The van der Waals surface area contributed by atoms with Gasteiger partial charge >= 0.3 is 0 Å². The van der Waals surface area contributed by atoms with Gasteiger partial charge in [-0.2, -0.15) is 15.5 Å². The number of aromatic nitrogens is 4. The second-order valence-corrected chi connectivity index (χ2v) is 10.3. The van der Waals surface area contributed by atoms with Crippen LogP contribution in [-0.2, 0) is 4.79 Å². The van der Waals surface area contributed by atoms with E-state index < -0.39 is 0 Å². The molecule has 36 heavy (non-hydrogen) atoms. The summed E-state index contributed by atoms with van der Waals surface area (Å²) in [6, 6.07) is 4.53. The second-order valence-electron chi connectivity index (χ2n) is 10.3. The number of ether oxygens (including phenoxy) is 1. The third-order valence-electron chi connectivity index (χ3n) is 7.27. The van der Waals surface area contributed by atoms with Crippen LogP contribution in [0.1, 0.15) is 56.8 Å². The number of pyridine rings is 1. The number of nitriles is 1. The van der Waals surface area contributed by atoms with Crippen molar-refractivity contribution in [1.82, 2.24) is 29.6 Å². The SMILES string of the molecule is C=CC(=O)NC1(CN2CCC(n3ncc(-c4cc(OC(C)C)c5c(C#N)cnn5c4)c3C)CC2)CC1. The third-order valence-corrected chi connectivity index (χ3v) is 7.27. The van der Waals surface area contributed by atoms with Gasteiger partial charge in [0.15, 0.2) is 0 Å². The van der Waals surface area contributed by atoms with E-state index in [1.165, 1.54) is 6.08 Å². The number of carbonyl (C=O) groups is 1. The Morgan fingerprint density at radius 2 is 2.08 bits per heavy atom. The third kappa shape index (κ3) is 4.61. The van der Waals surface area contributed by atoms with Crippen LogP contribution in [0.2, 0.25) is 0 Å².